The van der Waals surface area contributed by atoms with Crippen molar-refractivity contribution in [3.8, 4) is 11.5 Å². The zero-order valence-electron chi connectivity index (χ0n) is 10.7. The number of benzene rings is 1. The molecule has 0 saturated heterocycles. The minimum atomic E-state index is -0.0969. The highest BCUT2D eigenvalue weighted by atomic mass is 16.5. The smallest absolute Gasteiger partial charge is 0.251 e. The number of hydrogen-bond acceptors (Lipinski definition) is 3. The lowest BCUT2D eigenvalue weighted by molar-refractivity contribution is 0.0939. The van der Waals surface area contributed by atoms with Crippen LogP contribution in [0.3, 0.4) is 0 Å². The molecule has 4 nitrogen and oxygen atoms in total. The molecular formula is C13H19NO3. The molecule has 1 N–H and O–H groups in total. The summed E-state index contributed by atoms with van der Waals surface area (Å²) in [6, 6.07) is 5.29. The van der Waals surface area contributed by atoms with E-state index in [-0.39, 0.29) is 11.9 Å². The fraction of sp³-hybridized carbons (Fsp3) is 0.462. The van der Waals surface area contributed by atoms with Crippen LogP contribution >= 0.6 is 0 Å². The summed E-state index contributed by atoms with van der Waals surface area (Å²) in [4.78, 5) is 11.9. The summed E-state index contributed by atoms with van der Waals surface area (Å²) in [5.74, 6) is 1.08. The predicted molar refractivity (Wildman–Crippen MR) is 66.8 cm³/mol. The van der Waals surface area contributed by atoms with Crippen LogP contribution < -0.4 is 14.8 Å². The summed E-state index contributed by atoms with van der Waals surface area (Å²) >= 11 is 0. The molecule has 17 heavy (non-hydrogen) atoms. The lowest BCUT2D eigenvalue weighted by atomic mass is 10.1. The van der Waals surface area contributed by atoms with E-state index in [2.05, 4.69) is 5.32 Å². The van der Waals surface area contributed by atoms with Crippen LogP contribution in [0.15, 0.2) is 18.2 Å². The maximum Gasteiger partial charge on any atom is 0.251 e. The van der Waals surface area contributed by atoms with Crippen molar-refractivity contribution in [2.75, 3.05) is 14.2 Å². The van der Waals surface area contributed by atoms with Crippen LogP contribution in [0, 0.1) is 0 Å². The quantitative estimate of drug-likeness (QED) is 0.854. The third kappa shape index (κ3) is 3.37. The predicted octanol–water partition coefficient (Wildman–Crippen LogP) is 2.23. The van der Waals surface area contributed by atoms with Crippen molar-refractivity contribution in [3.05, 3.63) is 23.8 Å². The van der Waals surface area contributed by atoms with Crippen molar-refractivity contribution in [1.82, 2.24) is 5.32 Å². The Bertz CT molecular complexity index is 390. The standard InChI is InChI=1S/C13H19NO3/c1-5-9(2)14-13(15)10-6-7-11(16-3)12(8-10)17-4/h6-9H,5H2,1-4H3,(H,14,15). The third-order valence-corrected chi connectivity index (χ3v) is 2.64. The largest absolute Gasteiger partial charge is 0.493 e. The van der Waals surface area contributed by atoms with Crippen LogP contribution in [0.4, 0.5) is 0 Å². The zero-order chi connectivity index (χ0) is 12.8. The fourth-order valence-corrected chi connectivity index (χ4v) is 1.39. The average Bonchev–Trinajstić information content (AvgIpc) is 2.37. The number of carbonyl (C=O) groups is 1. The molecule has 0 aliphatic carbocycles. The van der Waals surface area contributed by atoms with Gasteiger partial charge in [-0.05, 0) is 31.5 Å². The summed E-state index contributed by atoms with van der Waals surface area (Å²) in [7, 11) is 3.12. The topological polar surface area (TPSA) is 47.6 Å². The van der Waals surface area contributed by atoms with Crippen molar-refractivity contribution in [3.63, 3.8) is 0 Å². The molecule has 4 heteroatoms. The van der Waals surface area contributed by atoms with Gasteiger partial charge in [0, 0.05) is 11.6 Å². The molecule has 1 unspecified atom stereocenters. The summed E-state index contributed by atoms with van der Waals surface area (Å²) in [6.45, 7) is 4.00. The van der Waals surface area contributed by atoms with Crippen LogP contribution in [0.1, 0.15) is 30.6 Å². The average molecular weight is 237 g/mol. The summed E-state index contributed by atoms with van der Waals surface area (Å²) < 4.78 is 10.3. The Morgan fingerprint density at radius 3 is 2.47 bits per heavy atom. The highest BCUT2D eigenvalue weighted by Gasteiger charge is 2.11. The van der Waals surface area contributed by atoms with Crippen molar-refractivity contribution < 1.29 is 14.3 Å². The van der Waals surface area contributed by atoms with Crippen molar-refractivity contribution in [2.45, 2.75) is 26.3 Å². The van der Waals surface area contributed by atoms with Crippen molar-refractivity contribution in [2.24, 2.45) is 0 Å². The van der Waals surface area contributed by atoms with Gasteiger partial charge in [0.2, 0.25) is 0 Å². The first-order valence-electron chi connectivity index (χ1n) is 5.65. The summed E-state index contributed by atoms with van der Waals surface area (Å²) in [5, 5.41) is 2.90. The van der Waals surface area contributed by atoms with Crippen molar-refractivity contribution in [1.29, 1.82) is 0 Å². The van der Waals surface area contributed by atoms with E-state index in [0.29, 0.717) is 17.1 Å². The highest BCUT2D eigenvalue weighted by Crippen LogP contribution is 2.27. The fourth-order valence-electron chi connectivity index (χ4n) is 1.39. The minimum absolute atomic E-state index is 0.0969. The second-order valence-electron chi connectivity index (χ2n) is 3.85. The van der Waals surface area contributed by atoms with E-state index in [0.717, 1.165) is 6.42 Å². The molecule has 0 heterocycles. The Balaban J connectivity index is 2.88. The van der Waals surface area contributed by atoms with E-state index in [1.165, 1.54) is 0 Å². The maximum absolute atomic E-state index is 11.9. The van der Waals surface area contributed by atoms with Crippen LogP contribution in [0.5, 0.6) is 11.5 Å². The van der Waals surface area contributed by atoms with E-state index in [1.54, 1.807) is 32.4 Å². The minimum Gasteiger partial charge on any atom is -0.493 e. The number of carbonyl (C=O) groups excluding carboxylic acids is 1. The molecule has 1 atom stereocenters. The number of hydrogen-bond donors (Lipinski definition) is 1. The number of methoxy groups -OCH3 is 2. The molecule has 0 aromatic heterocycles. The Kier molecular flexibility index (Phi) is 4.82. The van der Waals surface area contributed by atoms with Crippen LogP contribution in [-0.4, -0.2) is 26.2 Å². The Hall–Kier alpha value is -1.71. The van der Waals surface area contributed by atoms with E-state index in [4.69, 9.17) is 9.47 Å². The third-order valence-electron chi connectivity index (χ3n) is 2.64. The van der Waals surface area contributed by atoms with Crippen LogP contribution in [-0.2, 0) is 0 Å². The molecule has 0 spiro atoms. The lowest BCUT2D eigenvalue weighted by Gasteiger charge is -2.13. The first-order valence-corrected chi connectivity index (χ1v) is 5.65. The van der Waals surface area contributed by atoms with Gasteiger partial charge >= 0.3 is 0 Å². The molecule has 1 amide bonds. The summed E-state index contributed by atoms with van der Waals surface area (Å²) in [6.07, 6.45) is 0.902. The van der Waals surface area contributed by atoms with Gasteiger partial charge in [-0.1, -0.05) is 6.92 Å². The number of ether oxygens (including phenoxy) is 2. The Labute approximate surface area is 102 Å². The molecule has 1 aromatic carbocycles. The molecular weight excluding hydrogens is 218 g/mol. The zero-order valence-corrected chi connectivity index (χ0v) is 10.7. The number of rotatable bonds is 5. The van der Waals surface area contributed by atoms with Crippen LogP contribution in [0.25, 0.3) is 0 Å². The monoisotopic (exact) mass is 237 g/mol. The maximum atomic E-state index is 11.9. The molecule has 0 fully saturated rings. The molecule has 0 aliphatic heterocycles. The molecule has 1 rings (SSSR count). The van der Waals surface area contributed by atoms with Gasteiger partial charge in [-0.3, -0.25) is 4.79 Å². The molecule has 0 saturated carbocycles. The molecule has 0 bridgehead atoms. The van der Waals surface area contributed by atoms with E-state index < -0.39 is 0 Å². The highest BCUT2D eigenvalue weighted by molar-refractivity contribution is 5.95. The van der Waals surface area contributed by atoms with Gasteiger partial charge in [0.05, 0.1) is 14.2 Å². The van der Waals surface area contributed by atoms with Gasteiger partial charge < -0.3 is 14.8 Å². The molecule has 1 aromatic rings. The van der Waals surface area contributed by atoms with E-state index >= 15 is 0 Å². The van der Waals surface area contributed by atoms with Gasteiger partial charge in [0.25, 0.3) is 5.91 Å². The molecule has 0 aliphatic rings. The molecule has 94 valence electrons. The molecule has 0 radical (unpaired) electrons. The number of nitrogens with one attached hydrogen (secondary N) is 1. The summed E-state index contributed by atoms with van der Waals surface area (Å²) in [5.41, 5.74) is 0.572. The van der Waals surface area contributed by atoms with Gasteiger partial charge in [-0.15, -0.1) is 0 Å². The SMILES string of the molecule is CCC(C)NC(=O)c1ccc(OC)c(OC)c1. The second-order valence-corrected chi connectivity index (χ2v) is 3.85. The van der Waals surface area contributed by atoms with Gasteiger partial charge in [-0.25, -0.2) is 0 Å². The number of amides is 1. The van der Waals surface area contributed by atoms with Crippen molar-refractivity contribution >= 4 is 5.91 Å². The van der Waals surface area contributed by atoms with Gasteiger partial charge in [-0.2, -0.15) is 0 Å². The van der Waals surface area contributed by atoms with Gasteiger partial charge in [0.15, 0.2) is 11.5 Å². The van der Waals surface area contributed by atoms with E-state index in [1.807, 2.05) is 13.8 Å². The normalized spacial score (nSPS) is 11.8. The second kappa shape index (κ2) is 6.13. The Morgan fingerprint density at radius 1 is 1.29 bits per heavy atom. The van der Waals surface area contributed by atoms with E-state index in [9.17, 15) is 4.79 Å². The Morgan fingerprint density at radius 2 is 1.94 bits per heavy atom. The first kappa shape index (κ1) is 13.4. The lowest BCUT2D eigenvalue weighted by Crippen LogP contribution is -2.31. The van der Waals surface area contributed by atoms with Gasteiger partial charge in [0.1, 0.15) is 0 Å². The first-order chi connectivity index (χ1) is 8.12. The van der Waals surface area contributed by atoms with Crippen LogP contribution in [0.2, 0.25) is 0 Å².